The normalized spacial score (nSPS) is 12.1. The first-order valence-electron chi connectivity index (χ1n) is 7.61. The molecule has 2 N–H and O–H groups in total. The Bertz CT molecular complexity index is 842. The highest BCUT2D eigenvalue weighted by molar-refractivity contribution is 9.10. The zero-order valence-corrected chi connectivity index (χ0v) is 14.8. The fourth-order valence-corrected chi connectivity index (χ4v) is 3.13. The van der Waals surface area contributed by atoms with E-state index in [4.69, 9.17) is 10.3 Å². The van der Waals surface area contributed by atoms with E-state index in [1.165, 1.54) is 0 Å². The molecule has 2 aromatic carbocycles. The second kappa shape index (κ2) is 7.01. The molecule has 0 saturated heterocycles. The van der Waals surface area contributed by atoms with Crippen LogP contribution in [-0.2, 0) is 4.79 Å². The molecular weight excluding hydrogens is 368 g/mol. The summed E-state index contributed by atoms with van der Waals surface area (Å²) in [5, 5.41) is 4.13. The van der Waals surface area contributed by atoms with Gasteiger partial charge in [0, 0.05) is 27.9 Å². The van der Waals surface area contributed by atoms with Gasteiger partial charge in [-0.3, -0.25) is 4.79 Å². The van der Waals surface area contributed by atoms with Gasteiger partial charge in [-0.15, -0.1) is 0 Å². The van der Waals surface area contributed by atoms with Crippen LogP contribution in [0.2, 0.25) is 0 Å². The molecule has 3 aromatic rings. The van der Waals surface area contributed by atoms with Crippen LogP contribution in [0.1, 0.15) is 29.2 Å². The first-order chi connectivity index (χ1) is 11.6. The van der Waals surface area contributed by atoms with Crippen LogP contribution >= 0.6 is 15.9 Å². The van der Waals surface area contributed by atoms with Crippen molar-refractivity contribution in [2.24, 2.45) is 5.73 Å². The maximum atomic E-state index is 11.6. The van der Waals surface area contributed by atoms with Crippen molar-refractivity contribution in [3.05, 3.63) is 75.9 Å². The molecule has 24 heavy (non-hydrogen) atoms. The van der Waals surface area contributed by atoms with Gasteiger partial charge in [0.2, 0.25) is 5.91 Å². The molecule has 3 rings (SSSR count). The summed E-state index contributed by atoms with van der Waals surface area (Å²) < 4.78 is 6.57. The molecule has 0 aliphatic rings. The number of rotatable bonds is 5. The molecule has 0 aliphatic heterocycles. The minimum atomic E-state index is -0.355. The topological polar surface area (TPSA) is 69.1 Å². The second-order valence-corrected chi connectivity index (χ2v) is 6.57. The lowest BCUT2D eigenvalue weighted by molar-refractivity contribution is -0.118. The molecular formula is C19H17BrN2O2. The van der Waals surface area contributed by atoms with E-state index in [0.29, 0.717) is 5.76 Å². The summed E-state index contributed by atoms with van der Waals surface area (Å²) >= 11 is 3.43. The van der Waals surface area contributed by atoms with Gasteiger partial charge in [0.25, 0.3) is 0 Å². The number of carbonyl (C=O) groups excluding carboxylic acids is 1. The Morgan fingerprint density at radius 3 is 2.46 bits per heavy atom. The number of hydrogen-bond acceptors (Lipinski definition) is 3. The number of carbonyl (C=O) groups is 1. The number of nitrogens with two attached hydrogens (primary N) is 1. The van der Waals surface area contributed by atoms with Crippen LogP contribution in [0.25, 0.3) is 11.3 Å². The van der Waals surface area contributed by atoms with Crippen LogP contribution in [0.15, 0.2) is 63.6 Å². The average Bonchev–Trinajstić information content (AvgIpc) is 2.95. The van der Waals surface area contributed by atoms with E-state index >= 15 is 0 Å². The monoisotopic (exact) mass is 384 g/mol. The molecule has 0 saturated carbocycles. The fourth-order valence-electron chi connectivity index (χ4n) is 2.87. The lowest BCUT2D eigenvalue weighted by Crippen LogP contribution is -2.16. The van der Waals surface area contributed by atoms with E-state index in [2.05, 4.69) is 21.1 Å². The van der Waals surface area contributed by atoms with Crippen LogP contribution < -0.4 is 5.73 Å². The third-order valence-electron chi connectivity index (χ3n) is 3.97. The van der Waals surface area contributed by atoms with Gasteiger partial charge in [-0.1, -0.05) is 63.6 Å². The number of nitrogens with zero attached hydrogens (tertiary/aromatic N) is 1. The molecule has 1 aromatic heterocycles. The van der Waals surface area contributed by atoms with E-state index in [-0.39, 0.29) is 18.2 Å². The molecule has 1 unspecified atom stereocenters. The second-order valence-electron chi connectivity index (χ2n) is 5.65. The molecule has 5 heteroatoms. The summed E-state index contributed by atoms with van der Waals surface area (Å²) in [5.74, 6) is 0.134. The molecule has 0 aliphatic carbocycles. The van der Waals surface area contributed by atoms with Crippen molar-refractivity contribution in [2.75, 3.05) is 0 Å². The van der Waals surface area contributed by atoms with Crippen LogP contribution in [0, 0.1) is 6.92 Å². The highest BCUT2D eigenvalue weighted by Gasteiger charge is 2.26. The summed E-state index contributed by atoms with van der Waals surface area (Å²) in [6.07, 6.45) is 0.204. The first-order valence-corrected chi connectivity index (χ1v) is 8.41. The Balaban J connectivity index is 2.13. The van der Waals surface area contributed by atoms with Crippen molar-refractivity contribution < 1.29 is 9.32 Å². The van der Waals surface area contributed by atoms with Crippen molar-refractivity contribution in [3.63, 3.8) is 0 Å². The number of halogens is 1. The summed E-state index contributed by atoms with van der Waals surface area (Å²) in [5.41, 5.74) is 9.10. The van der Waals surface area contributed by atoms with Crippen molar-refractivity contribution in [1.29, 1.82) is 0 Å². The highest BCUT2D eigenvalue weighted by Crippen LogP contribution is 2.37. The van der Waals surface area contributed by atoms with Gasteiger partial charge in [0.1, 0.15) is 0 Å². The predicted octanol–water partition coefficient (Wildman–Crippen LogP) is 4.42. The number of aromatic nitrogens is 1. The van der Waals surface area contributed by atoms with Crippen molar-refractivity contribution in [1.82, 2.24) is 5.16 Å². The van der Waals surface area contributed by atoms with Crippen molar-refractivity contribution in [2.45, 2.75) is 19.3 Å². The van der Waals surface area contributed by atoms with E-state index in [1.54, 1.807) is 0 Å². The Kier molecular flexibility index (Phi) is 4.81. The van der Waals surface area contributed by atoms with Gasteiger partial charge in [-0.25, -0.2) is 0 Å². The number of aryl methyl sites for hydroxylation is 1. The Morgan fingerprint density at radius 1 is 1.17 bits per heavy atom. The molecule has 4 nitrogen and oxygen atoms in total. The van der Waals surface area contributed by atoms with Crippen molar-refractivity contribution in [3.8, 4) is 11.3 Å². The molecule has 122 valence electrons. The van der Waals surface area contributed by atoms with Gasteiger partial charge in [-0.2, -0.15) is 0 Å². The molecule has 0 radical (unpaired) electrons. The van der Waals surface area contributed by atoms with Crippen LogP contribution in [0.4, 0.5) is 0 Å². The van der Waals surface area contributed by atoms with Gasteiger partial charge in [0.05, 0.1) is 5.69 Å². The molecule has 1 amide bonds. The predicted molar refractivity (Wildman–Crippen MR) is 96.5 cm³/mol. The fraction of sp³-hybridized carbons (Fsp3) is 0.158. The molecule has 0 bridgehead atoms. The third-order valence-corrected chi connectivity index (χ3v) is 4.50. The van der Waals surface area contributed by atoms with E-state index in [0.717, 1.165) is 26.9 Å². The van der Waals surface area contributed by atoms with Gasteiger partial charge in [-0.05, 0) is 24.6 Å². The zero-order valence-electron chi connectivity index (χ0n) is 13.2. The lowest BCUT2D eigenvalue weighted by atomic mass is 9.86. The Labute approximate surface area is 148 Å². The lowest BCUT2D eigenvalue weighted by Gasteiger charge is -2.16. The summed E-state index contributed by atoms with van der Waals surface area (Å²) in [6.45, 7) is 1.89. The Hall–Kier alpha value is -2.40. The van der Waals surface area contributed by atoms with Crippen molar-refractivity contribution >= 4 is 21.8 Å². The number of primary amides is 1. The molecule has 0 spiro atoms. The number of benzene rings is 2. The van der Waals surface area contributed by atoms with Gasteiger partial charge < -0.3 is 10.3 Å². The first kappa shape index (κ1) is 16.5. The van der Waals surface area contributed by atoms with Crippen LogP contribution in [-0.4, -0.2) is 11.1 Å². The van der Waals surface area contributed by atoms with E-state index in [1.807, 2.05) is 61.5 Å². The van der Waals surface area contributed by atoms with Gasteiger partial charge in [0.15, 0.2) is 5.76 Å². The average molecular weight is 385 g/mol. The summed E-state index contributed by atoms with van der Waals surface area (Å²) in [4.78, 5) is 11.6. The number of amides is 1. The molecule has 1 heterocycles. The maximum absolute atomic E-state index is 11.6. The minimum Gasteiger partial charge on any atom is -0.370 e. The largest absolute Gasteiger partial charge is 0.370 e. The highest BCUT2D eigenvalue weighted by atomic mass is 79.9. The summed E-state index contributed by atoms with van der Waals surface area (Å²) in [7, 11) is 0. The smallest absolute Gasteiger partial charge is 0.218 e. The minimum absolute atomic E-state index is 0.186. The molecule has 0 fully saturated rings. The molecule has 1 atom stereocenters. The SMILES string of the molecule is Cc1noc(-c2ccc(Br)cc2)c1C(CC(N)=O)c1ccccc1. The third kappa shape index (κ3) is 3.41. The standard InChI is InChI=1S/C19H17BrN2O2/c1-12-18(16(11-17(21)23)13-5-3-2-4-6-13)19(24-22-12)14-7-9-15(20)10-8-14/h2-10,16H,11H2,1H3,(H2,21,23). The maximum Gasteiger partial charge on any atom is 0.218 e. The van der Waals surface area contributed by atoms with Crippen LogP contribution in [0.3, 0.4) is 0 Å². The van der Waals surface area contributed by atoms with E-state index < -0.39 is 0 Å². The van der Waals surface area contributed by atoms with Crippen LogP contribution in [0.5, 0.6) is 0 Å². The number of hydrogen-bond donors (Lipinski definition) is 1. The Morgan fingerprint density at radius 2 is 1.83 bits per heavy atom. The van der Waals surface area contributed by atoms with E-state index in [9.17, 15) is 4.79 Å². The zero-order chi connectivity index (χ0) is 17.1. The van der Waals surface area contributed by atoms with Gasteiger partial charge >= 0.3 is 0 Å². The summed E-state index contributed by atoms with van der Waals surface area (Å²) in [6, 6.07) is 17.6. The quantitative estimate of drug-likeness (QED) is 0.707.